The molecule has 0 amide bonds. The number of benzene rings is 1. The van der Waals surface area contributed by atoms with Crippen LogP contribution in [0.5, 0.6) is 5.75 Å². The van der Waals surface area contributed by atoms with Crippen molar-refractivity contribution in [2.75, 3.05) is 0 Å². The van der Waals surface area contributed by atoms with Crippen LogP contribution in [0.15, 0.2) is 18.2 Å². The first-order valence-electron chi connectivity index (χ1n) is 4.66. The van der Waals surface area contributed by atoms with E-state index in [-0.39, 0.29) is 11.4 Å². The van der Waals surface area contributed by atoms with Gasteiger partial charge in [0.1, 0.15) is 6.07 Å². The Labute approximate surface area is 102 Å². The summed E-state index contributed by atoms with van der Waals surface area (Å²) in [6, 6.07) is 6.66. The van der Waals surface area contributed by atoms with Crippen molar-refractivity contribution in [1.82, 2.24) is 10.2 Å². The van der Waals surface area contributed by atoms with Crippen LogP contribution in [-0.4, -0.2) is 16.2 Å². The summed E-state index contributed by atoms with van der Waals surface area (Å²) in [5.41, 5.74) is 0.433. The van der Waals surface area contributed by atoms with Crippen LogP contribution < -0.4 is 4.74 Å². The molecule has 2 aromatic rings. The molecule has 0 spiro atoms. The highest BCUT2D eigenvalue weighted by molar-refractivity contribution is 6.31. The van der Waals surface area contributed by atoms with Crippen molar-refractivity contribution in [2.45, 2.75) is 6.92 Å². The number of nitriles is 1. The Morgan fingerprint density at radius 1 is 1.47 bits per heavy atom. The molecule has 0 fully saturated rings. The van der Waals surface area contributed by atoms with E-state index in [0.717, 1.165) is 0 Å². The number of fused-ring (bicyclic) bond motifs is 1. The average Bonchev–Trinajstić information content (AvgIpc) is 2.28. The van der Waals surface area contributed by atoms with Crippen molar-refractivity contribution in [3.8, 4) is 11.8 Å². The van der Waals surface area contributed by atoms with E-state index in [1.54, 1.807) is 18.2 Å². The average molecular weight is 248 g/mol. The summed E-state index contributed by atoms with van der Waals surface area (Å²) < 4.78 is 4.98. The maximum absolute atomic E-state index is 11.0. The number of carbonyl (C=O) groups is 1. The summed E-state index contributed by atoms with van der Waals surface area (Å²) in [6.45, 7) is 1.25. The number of hydrogen-bond donors (Lipinski definition) is 0. The predicted octanol–water partition coefficient (Wildman–Crippen LogP) is 2.08. The van der Waals surface area contributed by atoms with Crippen molar-refractivity contribution in [2.24, 2.45) is 0 Å². The summed E-state index contributed by atoms with van der Waals surface area (Å²) in [6.07, 6.45) is 0. The highest BCUT2D eigenvalue weighted by Crippen LogP contribution is 2.28. The largest absolute Gasteiger partial charge is 0.423 e. The molecule has 0 unspecified atom stereocenters. The van der Waals surface area contributed by atoms with Crippen LogP contribution in [0.2, 0.25) is 5.02 Å². The van der Waals surface area contributed by atoms with Gasteiger partial charge in [-0.15, -0.1) is 10.2 Å². The highest BCUT2D eigenvalue weighted by Gasteiger charge is 2.13. The molecule has 0 saturated heterocycles. The summed E-state index contributed by atoms with van der Waals surface area (Å²) in [7, 11) is 0. The van der Waals surface area contributed by atoms with Crippen molar-refractivity contribution < 1.29 is 9.53 Å². The molecular weight excluding hydrogens is 242 g/mol. The number of rotatable bonds is 1. The topological polar surface area (TPSA) is 75.9 Å². The third-order valence-corrected chi connectivity index (χ3v) is 2.26. The number of ether oxygens (including phenoxy) is 1. The lowest BCUT2D eigenvalue weighted by atomic mass is 10.2. The van der Waals surface area contributed by atoms with Crippen LogP contribution in [-0.2, 0) is 4.79 Å². The number of carbonyl (C=O) groups excluding carboxylic acids is 1. The minimum Gasteiger partial charge on any atom is -0.423 e. The molecule has 17 heavy (non-hydrogen) atoms. The van der Waals surface area contributed by atoms with Crippen LogP contribution in [0.1, 0.15) is 12.6 Å². The lowest BCUT2D eigenvalue weighted by molar-refractivity contribution is -0.131. The Balaban J connectivity index is 2.75. The molecule has 1 aromatic carbocycles. The molecule has 0 bridgehead atoms. The molecule has 2 rings (SSSR count). The smallest absolute Gasteiger partial charge is 0.308 e. The summed E-state index contributed by atoms with van der Waals surface area (Å²) in [5.74, 6) is -0.410. The van der Waals surface area contributed by atoms with Crippen molar-refractivity contribution in [3.05, 3.63) is 28.9 Å². The zero-order valence-corrected chi connectivity index (χ0v) is 9.52. The predicted molar refractivity (Wildman–Crippen MR) is 60.6 cm³/mol. The lowest BCUT2D eigenvalue weighted by Crippen LogP contribution is -2.05. The molecule has 5 nitrogen and oxygen atoms in total. The monoisotopic (exact) mass is 247 g/mol. The van der Waals surface area contributed by atoms with Gasteiger partial charge in [0.2, 0.25) is 5.69 Å². The number of nitrogens with zero attached hydrogens (tertiary/aromatic N) is 3. The van der Waals surface area contributed by atoms with Gasteiger partial charge in [-0.25, -0.2) is 0 Å². The van der Waals surface area contributed by atoms with E-state index in [0.29, 0.717) is 15.9 Å². The van der Waals surface area contributed by atoms with E-state index in [1.807, 2.05) is 6.07 Å². The Kier molecular flexibility index (Phi) is 2.90. The maximum Gasteiger partial charge on any atom is 0.308 e. The van der Waals surface area contributed by atoms with E-state index in [1.165, 1.54) is 6.92 Å². The molecule has 1 aromatic heterocycles. The summed E-state index contributed by atoms with van der Waals surface area (Å²) in [4.78, 5) is 11.0. The number of aromatic nitrogens is 2. The molecule has 0 atom stereocenters. The van der Waals surface area contributed by atoms with Crippen LogP contribution in [0.25, 0.3) is 10.9 Å². The van der Waals surface area contributed by atoms with Gasteiger partial charge in [-0.1, -0.05) is 11.6 Å². The van der Waals surface area contributed by atoms with E-state index in [9.17, 15) is 4.79 Å². The Hall–Kier alpha value is -2.19. The molecule has 0 saturated carbocycles. The highest BCUT2D eigenvalue weighted by atomic mass is 35.5. The van der Waals surface area contributed by atoms with Crippen LogP contribution >= 0.6 is 11.6 Å². The second-order valence-corrected chi connectivity index (χ2v) is 3.68. The SMILES string of the molecule is CC(=O)Oc1c(C#N)nnc2cc(Cl)ccc12. The van der Waals surface area contributed by atoms with Crippen molar-refractivity contribution in [3.63, 3.8) is 0 Å². The second-order valence-electron chi connectivity index (χ2n) is 3.24. The van der Waals surface area contributed by atoms with E-state index >= 15 is 0 Å². The second kappa shape index (κ2) is 4.36. The fourth-order valence-corrected chi connectivity index (χ4v) is 1.54. The molecule has 0 aliphatic carbocycles. The first-order chi connectivity index (χ1) is 8.11. The van der Waals surface area contributed by atoms with Gasteiger partial charge in [0, 0.05) is 17.3 Å². The van der Waals surface area contributed by atoms with E-state index in [4.69, 9.17) is 21.6 Å². The van der Waals surface area contributed by atoms with Gasteiger partial charge in [0.25, 0.3) is 0 Å². The van der Waals surface area contributed by atoms with Gasteiger partial charge >= 0.3 is 5.97 Å². The third kappa shape index (κ3) is 2.17. The number of hydrogen-bond acceptors (Lipinski definition) is 5. The standard InChI is InChI=1S/C11H6ClN3O2/c1-6(16)17-11-8-3-2-7(12)4-9(8)14-15-10(11)5-13/h2-4H,1H3. The van der Waals surface area contributed by atoms with Gasteiger partial charge in [-0.2, -0.15) is 5.26 Å². The quantitative estimate of drug-likeness (QED) is 0.721. The van der Waals surface area contributed by atoms with Gasteiger partial charge in [-0.3, -0.25) is 4.79 Å². The summed E-state index contributed by atoms with van der Waals surface area (Å²) >= 11 is 5.81. The molecule has 6 heteroatoms. The minimum atomic E-state index is -0.522. The Bertz CT molecular complexity index is 649. The van der Waals surface area contributed by atoms with E-state index < -0.39 is 5.97 Å². The fourth-order valence-electron chi connectivity index (χ4n) is 1.38. The van der Waals surface area contributed by atoms with Gasteiger partial charge in [-0.05, 0) is 18.2 Å². The fraction of sp³-hybridized carbons (Fsp3) is 0.0909. The van der Waals surface area contributed by atoms with Gasteiger partial charge < -0.3 is 4.74 Å². The normalized spacial score (nSPS) is 9.94. The first-order valence-corrected chi connectivity index (χ1v) is 5.04. The zero-order chi connectivity index (χ0) is 12.4. The molecule has 84 valence electrons. The van der Waals surface area contributed by atoms with Crippen molar-refractivity contribution in [1.29, 1.82) is 5.26 Å². The van der Waals surface area contributed by atoms with Crippen molar-refractivity contribution >= 4 is 28.5 Å². The maximum atomic E-state index is 11.0. The Morgan fingerprint density at radius 3 is 2.88 bits per heavy atom. The van der Waals surface area contributed by atoms with Crippen LogP contribution in [0.4, 0.5) is 0 Å². The Morgan fingerprint density at radius 2 is 2.24 bits per heavy atom. The van der Waals surface area contributed by atoms with Crippen LogP contribution in [0, 0.1) is 11.3 Å². The van der Waals surface area contributed by atoms with Gasteiger partial charge in [0.05, 0.1) is 5.52 Å². The molecule has 0 N–H and O–H groups in total. The molecule has 0 radical (unpaired) electrons. The molecule has 1 heterocycles. The number of esters is 1. The van der Waals surface area contributed by atoms with Gasteiger partial charge in [0.15, 0.2) is 5.75 Å². The van der Waals surface area contributed by atoms with E-state index in [2.05, 4.69) is 10.2 Å². The minimum absolute atomic E-state index is 0.0324. The molecule has 0 aliphatic heterocycles. The molecular formula is C11H6ClN3O2. The molecule has 0 aliphatic rings. The number of halogens is 1. The summed E-state index contributed by atoms with van der Waals surface area (Å²) in [5, 5.41) is 17.4. The lowest BCUT2D eigenvalue weighted by Gasteiger charge is -2.06. The first kappa shape index (κ1) is 11.3. The third-order valence-electron chi connectivity index (χ3n) is 2.03. The zero-order valence-electron chi connectivity index (χ0n) is 8.77. The van der Waals surface area contributed by atoms with Crippen LogP contribution in [0.3, 0.4) is 0 Å².